The van der Waals surface area contributed by atoms with E-state index in [-0.39, 0.29) is 18.0 Å². The van der Waals surface area contributed by atoms with Crippen LogP contribution in [0.5, 0.6) is 0 Å². The maximum atomic E-state index is 12.2. The van der Waals surface area contributed by atoms with Crippen LogP contribution in [0.4, 0.5) is 4.79 Å². The number of rotatable bonds is 3. The van der Waals surface area contributed by atoms with Crippen molar-refractivity contribution in [1.29, 1.82) is 0 Å². The lowest BCUT2D eigenvalue weighted by atomic mass is 9.97. The molecule has 1 aromatic heterocycles. The van der Waals surface area contributed by atoms with Gasteiger partial charge in [-0.2, -0.15) is 0 Å². The molecule has 0 saturated carbocycles. The van der Waals surface area contributed by atoms with Gasteiger partial charge in [0.1, 0.15) is 0 Å². The Morgan fingerprint density at radius 3 is 2.86 bits per heavy atom. The van der Waals surface area contributed by atoms with Crippen molar-refractivity contribution < 1.29 is 14.3 Å². The summed E-state index contributed by atoms with van der Waals surface area (Å²) in [5, 5.41) is 2.88. The zero-order chi connectivity index (χ0) is 15.4. The number of nitrogens with one attached hydrogen (secondary N) is 1. The Balaban J connectivity index is 2.19. The summed E-state index contributed by atoms with van der Waals surface area (Å²) in [6, 6.07) is 0.0768. The summed E-state index contributed by atoms with van der Waals surface area (Å²) in [7, 11) is 0. The monoisotopic (exact) mass is 291 g/mol. The van der Waals surface area contributed by atoms with Gasteiger partial charge in [0.25, 0.3) is 5.91 Å². The predicted molar refractivity (Wildman–Crippen MR) is 78.0 cm³/mol. The molecule has 0 spiro atoms. The molecule has 0 radical (unpaired) electrons. The van der Waals surface area contributed by atoms with Crippen LogP contribution in [-0.4, -0.2) is 41.1 Å². The van der Waals surface area contributed by atoms with E-state index in [2.05, 4.69) is 10.3 Å². The van der Waals surface area contributed by atoms with Crippen LogP contribution >= 0.6 is 0 Å². The van der Waals surface area contributed by atoms with E-state index in [4.69, 9.17) is 4.74 Å². The summed E-state index contributed by atoms with van der Waals surface area (Å²) in [5.74, 6) is -0.112. The van der Waals surface area contributed by atoms with Crippen LogP contribution in [0.3, 0.4) is 0 Å². The number of nitrogens with zero attached hydrogens (tertiary/aromatic N) is 2. The minimum Gasteiger partial charge on any atom is -0.450 e. The Kier molecular flexibility index (Phi) is 4.77. The fourth-order valence-electron chi connectivity index (χ4n) is 2.40. The number of carbonyl (C=O) groups excluding carboxylic acids is 2. The van der Waals surface area contributed by atoms with Crippen molar-refractivity contribution in [3.05, 3.63) is 29.1 Å². The Labute approximate surface area is 124 Å². The lowest BCUT2D eigenvalue weighted by molar-refractivity contribution is 0.0939. The Bertz CT molecular complexity index is 543. The van der Waals surface area contributed by atoms with Crippen molar-refractivity contribution in [1.82, 2.24) is 15.2 Å². The molecule has 1 N–H and O–H groups in total. The highest BCUT2D eigenvalue weighted by Gasteiger charge is 2.25. The van der Waals surface area contributed by atoms with Gasteiger partial charge in [-0.15, -0.1) is 0 Å². The van der Waals surface area contributed by atoms with Gasteiger partial charge in [0, 0.05) is 25.0 Å². The molecule has 0 bridgehead atoms. The fourth-order valence-corrected chi connectivity index (χ4v) is 2.40. The molecule has 0 aliphatic carbocycles. The average molecular weight is 291 g/mol. The van der Waals surface area contributed by atoms with E-state index in [0.29, 0.717) is 31.7 Å². The molecule has 0 atom stereocenters. The molecule has 0 aromatic carbocycles. The highest BCUT2D eigenvalue weighted by molar-refractivity contribution is 5.96. The highest BCUT2D eigenvalue weighted by atomic mass is 16.6. The van der Waals surface area contributed by atoms with Crippen molar-refractivity contribution in [2.75, 3.05) is 13.2 Å². The van der Waals surface area contributed by atoms with E-state index in [1.165, 1.54) is 0 Å². The summed E-state index contributed by atoms with van der Waals surface area (Å²) in [4.78, 5) is 29.7. The molecular formula is C15H21N3O3. The van der Waals surface area contributed by atoms with Crippen molar-refractivity contribution >= 4 is 12.0 Å². The van der Waals surface area contributed by atoms with Crippen LogP contribution in [0.1, 0.15) is 42.3 Å². The molecule has 21 heavy (non-hydrogen) atoms. The Morgan fingerprint density at radius 2 is 2.19 bits per heavy atom. The number of ether oxygens (including phenoxy) is 1. The van der Waals surface area contributed by atoms with E-state index >= 15 is 0 Å². The SMILES string of the molecule is CCOC(=O)N1CCc2c(cncc2C(=O)NC(C)C)C1. The summed E-state index contributed by atoms with van der Waals surface area (Å²) in [5.41, 5.74) is 2.49. The first-order chi connectivity index (χ1) is 10.0. The van der Waals surface area contributed by atoms with Gasteiger partial charge < -0.3 is 15.0 Å². The Hall–Kier alpha value is -2.11. The molecule has 1 aromatic rings. The molecule has 6 heteroatoms. The van der Waals surface area contributed by atoms with Crippen LogP contribution in [0.2, 0.25) is 0 Å². The molecular weight excluding hydrogens is 270 g/mol. The second-order valence-corrected chi connectivity index (χ2v) is 5.32. The summed E-state index contributed by atoms with van der Waals surface area (Å²) >= 11 is 0. The first kappa shape index (κ1) is 15.3. The largest absolute Gasteiger partial charge is 0.450 e. The predicted octanol–water partition coefficient (Wildman–Crippen LogP) is 1.73. The van der Waals surface area contributed by atoms with Gasteiger partial charge in [0.2, 0.25) is 0 Å². The topological polar surface area (TPSA) is 71.5 Å². The number of hydrogen-bond acceptors (Lipinski definition) is 4. The normalized spacial score (nSPS) is 13.8. The van der Waals surface area contributed by atoms with Crippen LogP contribution < -0.4 is 5.32 Å². The number of aromatic nitrogens is 1. The van der Waals surface area contributed by atoms with E-state index < -0.39 is 0 Å². The van der Waals surface area contributed by atoms with Crippen molar-refractivity contribution in [3.8, 4) is 0 Å². The first-order valence-corrected chi connectivity index (χ1v) is 7.21. The molecule has 2 amide bonds. The first-order valence-electron chi connectivity index (χ1n) is 7.21. The third-order valence-corrected chi connectivity index (χ3v) is 3.33. The second kappa shape index (κ2) is 6.56. The minimum atomic E-state index is -0.319. The molecule has 1 aliphatic rings. The van der Waals surface area contributed by atoms with Crippen LogP contribution in [0.15, 0.2) is 12.4 Å². The highest BCUT2D eigenvalue weighted by Crippen LogP contribution is 2.22. The molecule has 6 nitrogen and oxygen atoms in total. The molecule has 2 heterocycles. The third kappa shape index (κ3) is 3.51. The van der Waals surface area contributed by atoms with E-state index in [1.807, 2.05) is 13.8 Å². The summed E-state index contributed by atoms with van der Waals surface area (Å²) in [6.45, 7) is 6.97. The quantitative estimate of drug-likeness (QED) is 0.920. The molecule has 2 rings (SSSR count). The molecule has 0 unspecified atom stereocenters. The lowest BCUT2D eigenvalue weighted by Gasteiger charge is -2.28. The number of pyridine rings is 1. The molecule has 1 aliphatic heterocycles. The van der Waals surface area contributed by atoms with E-state index in [9.17, 15) is 9.59 Å². The molecule has 0 fully saturated rings. The Morgan fingerprint density at radius 1 is 1.43 bits per heavy atom. The molecule has 0 saturated heterocycles. The van der Waals surface area contributed by atoms with Crippen LogP contribution in [-0.2, 0) is 17.7 Å². The van der Waals surface area contributed by atoms with Crippen LogP contribution in [0.25, 0.3) is 0 Å². The summed E-state index contributed by atoms with van der Waals surface area (Å²) in [6.07, 6.45) is 3.63. The van der Waals surface area contributed by atoms with Crippen LogP contribution in [0, 0.1) is 0 Å². The maximum Gasteiger partial charge on any atom is 0.410 e. The van der Waals surface area contributed by atoms with Gasteiger partial charge in [-0.25, -0.2) is 4.79 Å². The number of carbonyl (C=O) groups is 2. The zero-order valence-electron chi connectivity index (χ0n) is 12.7. The zero-order valence-corrected chi connectivity index (χ0v) is 12.7. The van der Waals surface area contributed by atoms with Gasteiger partial charge in [-0.05, 0) is 38.3 Å². The van der Waals surface area contributed by atoms with Gasteiger partial charge in [0.15, 0.2) is 0 Å². The lowest BCUT2D eigenvalue weighted by Crippen LogP contribution is -2.38. The van der Waals surface area contributed by atoms with Gasteiger partial charge in [-0.3, -0.25) is 9.78 Å². The van der Waals surface area contributed by atoms with Gasteiger partial charge in [0.05, 0.1) is 18.7 Å². The standard InChI is InChI=1S/C15H21N3O3/c1-4-21-15(20)18-6-5-12-11(9-18)7-16-8-13(12)14(19)17-10(2)3/h7-8,10H,4-6,9H2,1-3H3,(H,17,19). The number of amides is 2. The molecule has 114 valence electrons. The van der Waals surface area contributed by atoms with E-state index in [0.717, 1.165) is 11.1 Å². The fraction of sp³-hybridized carbons (Fsp3) is 0.533. The number of fused-ring (bicyclic) bond motifs is 1. The van der Waals surface area contributed by atoms with Gasteiger partial charge in [-0.1, -0.05) is 0 Å². The smallest absolute Gasteiger partial charge is 0.410 e. The van der Waals surface area contributed by atoms with Crippen molar-refractivity contribution in [3.63, 3.8) is 0 Å². The third-order valence-electron chi connectivity index (χ3n) is 3.33. The summed E-state index contributed by atoms with van der Waals surface area (Å²) < 4.78 is 5.01. The second-order valence-electron chi connectivity index (χ2n) is 5.32. The average Bonchev–Trinajstić information content (AvgIpc) is 2.45. The van der Waals surface area contributed by atoms with Crippen molar-refractivity contribution in [2.24, 2.45) is 0 Å². The van der Waals surface area contributed by atoms with Gasteiger partial charge >= 0.3 is 6.09 Å². The maximum absolute atomic E-state index is 12.2. The van der Waals surface area contributed by atoms with E-state index in [1.54, 1.807) is 24.2 Å². The van der Waals surface area contributed by atoms with Crippen molar-refractivity contribution in [2.45, 2.75) is 39.8 Å². The minimum absolute atomic E-state index is 0.0768. The number of hydrogen-bond donors (Lipinski definition) is 1.